The van der Waals surface area contributed by atoms with Gasteiger partial charge >= 0.3 is 0 Å². The second-order valence-corrected chi connectivity index (χ2v) is 7.20. The van der Waals surface area contributed by atoms with Crippen molar-refractivity contribution in [1.82, 2.24) is 4.98 Å². The van der Waals surface area contributed by atoms with Crippen LogP contribution in [0.3, 0.4) is 0 Å². The van der Waals surface area contributed by atoms with E-state index in [4.69, 9.17) is 14.8 Å². The van der Waals surface area contributed by atoms with Crippen LogP contribution in [0.2, 0.25) is 0 Å². The second-order valence-electron chi connectivity index (χ2n) is 7.20. The Morgan fingerprint density at radius 2 is 1.38 bits per heavy atom. The minimum absolute atomic E-state index is 0.349. The lowest BCUT2D eigenvalue weighted by Crippen LogP contribution is -1.94. The van der Waals surface area contributed by atoms with E-state index in [0.29, 0.717) is 6.61 Å². The number of rotatable bonds is 14. The van der Waals surface area contributed by atoms with E-state index < -0.39 is 0 Å². The molecule has 2 rings (SSSR count). The topological polar surface area (TPSA) is 42.4 Å². The summed E-state index contributed by atoms with van der Waals surface area (Å²) in [6.45, 7) is 0.349. The molecule has 3 heteroatoms. The van der Waals surface area contributed by atoms with E-state index >= 15 is 0 Å². The number of hydrogen-bond acceptors (Lipinski definition) is 3. The monoisotopic (exact) mass is 357 g/mol. The SMILES string of the molecule is COc1cccc2ccc(CCCCCCCCCCCCCO)nc12. The molecule has 0 amide bonds. The van der Waals surface area contributed by atoms with Crippen LogP contribution in [0.1, 0.15) is 76.3 Å². The molecule has 1 aromatic carbocycles. The summed E-state index contributed by atoms with van der Waals surface area (Å²) >= 11 is 0. The van der Waals surface area contributed by atoms with Crippen molar-refractivity contribution in [2.75, 3.05) is 13.7 Å². The van der Waals surface area contributed by atoms with Crippen LogP contribution in [0.15, 0.2) is 30.3 Å². The zero-order chi connectivity index (χ0) is 18.5. The van der Waals surface area contributed by atoms with Gasteiger partial charge in [0.2, 0.25) is 0 Å². The van der Waals surface area contributed by atoms with Crippen LogP contribution in [-0.2, 0) is 6.42 Å². The first kappa shape index (κ1) is 20.7. The van der Waals surface area contributed by atoms with Crippen molar-refractivity contribution in [3.05, 3.63) is 36.0 Å². The molecule has 0 bridgehead atoms. The molecule has 0 fully saturated rings. The van der Waals surface area contributed by atoms with E-state index in [1.54, 1.807) is 7.11 Å². The third-order valence-electron chi connectivity index (χ3n) is 5.05. The molecular weight excluding hydrogens is 322 g/mol. The van der Waals surface area contributed by atoms with Crippen LogP contribution in [-0.4, -0.2) is 23.8 Å². The Bertz CT molecular complexity index is 627. The molecular formula is C23H35NO2. The van der Waals surface area contributed by atoms with Crippen molar-refractivity contribution in [3.63, 3.8) is 0 Å². The number of fused-ring (bicyclic) bond motifs is 1. The van der Waals surface area contributed by atoms with Gasteiger partial charge in [-0.25, -0.2) is 4.98 Å². The molecule has 1 aromatic heterocycles. The maximum Gasteiger partial charge on any atom is 0.145 e. The summed E-state index contributed by atoms with van der Waals surface area (Å²) < 4.78 is 5.43. The molecule has 26 heavy (non-hydrogen) atoms. The standard InChI is InChI=1S/C23H35NO2/c1-26-22-16-13-14-20-17-18-21(24-23(20)22)15-11-9-7-5-3-2-4-6-8-10-12-19-25/h13-14,16-18,25H,2-12,15,19H2,1H3. The third-order valence-corrected chi connectivity index (χ3v) is 5.05. The van der Waals surface area contributed by atoms with E-state index in [-0.39, 0.29) is 0 Å². The van der Waals surface area contributed by atoms with Crippen LogP contribution in [0.25, 0.3) is 10.9 Å². The predicted molar refractivity (Wildman–Crippen MR) is 110 cm³/mol. The Balaban J connectivity index is 1.55. The average molecular weight is 358 g/mol. The van der Waals surface area contributed by atoms with Crippen LogP contribution >= 0.6 is 0 Å². The Morgan fingerprint density at radius 1 is 0.769 bits per heavy atom. The van der Waals surface area contributed by atoms with Gasteiger partial charge in [-0.3, -0.25) is 0 Å². The van der Waals surface area contributed by atoms with Gasteiger partial charge < -0.3 is 9.84 Å². The maximum absolute atomic E-state index is 8.74. The summed E-state index contributed by atoms with van der Waals surface area (Å²) in [5.41, 5.74) is 2.15. The van der Waals surface area contributed by atoms with Crippen molar-refractivity contribution in [2.45, 2.75) is 77.0 Å². The van der Waals surface area contributed by atoms with Crippen molar-refractivity contribution < 1.29 is 9.84 Å². The minimum Gasteiger partial charge on any atom is -0.494 e. The molecule has 1 N–H and O–H groups in total. The lowest BCUT2D eigenvalue weighted by atomic mass is 10.0. The first-order valence-electron chi connectivity index (χ1n) is 10.4. The van der Waals surface area contributed by atoms with Crippen molar-refractivity contribution in [2.24, 2.45) is 0 Å². The fourth-order valence-electron chi connectivity index (χ4n) is 3.47. The highest BCUT2D eigenvalue weighted by Gasteiger charge is 2.04. The zero-order valence-electron chi connectivity index (χ0n) is 16.4. The number of methoxy groups -OCH3 is 1. The summed E-state index contributed by atoms with van der Waals surface area (Å²) in [6, 6.07) is 10.4. The quantitative estimate of drug-likeness (QED) is 0.417. The number of hydrogen-bond donors (Lipinski definition) is 1. The highest BCUT2D eigenvalue weighted by molar-refractivity contribution is 5.84. The van der Waals surface area contributed by atoms with Crippen LogP contribution in [0.4, 0.5) is 0 Å². The van der Waals surface area contributed by atoms with E-state index in [1.165, 1.54) is 69.9 Å². The molecule has 0 aliphatic carbocycles. The molecule has 0 saturated carbocycles. The van der Waals surface area contributed by atoms with Crippen LogP contribution in [0.5, 0.6) is 5.75 Å². The van der Waals surface area contributed by atoms with Gasteiger partial charge in [-0.15, -0.1) is 0 Å². The molecule has 1 heterocycles. The van der Waals surface area contributed by atoms with Gasteiger partial charge in [-0.1, -0.05) is 76.0 Å². The average Bonchev–Trinajstić information content (AvgIpc) is 2.68. The molecule has 0 saturated heterocycles. The Morgan fingerprint density at radius 3 is 2.00 bits per heavy atom. The number of aryl methyl sites for hydroxylation is 1. The van der Waals surface area contributed by atoms with Gasteiger partial charge in [-0.05, 0) is 31.4 Å². The lowest BCUT2D eigenvalue weighted by molar-refractivity contribution is 0.282. The van der Waals surface area contributed by atoms with Crippen molar-refractivity contribution in [1.29, 1.82) is 0 Å². The number of benzene rings is 1. The molecule has 0 aliphatic rings. The normalized spacial score (nSPS) is 11.2. The number of aliphatic hydroxyl groups excluding tert-OH is 1. The van der Waals surface area contributed by atoms with Crippen molar-refractivity contribution in [3.8, 4) is 5.75 Å². The number of nitrogens with zero attached hydrogens (tertiary/aromatic N) is 1. The number of para-hydroxylation sites is 1. The number of aliphatic hydroxyl groups is 1. The first-order valence-corrected chi connectivity index (χ1v) is 10.4. The van der Waals surface area contributed by atoms with Gasteiger partial charge in [0.25, 0.3) is 0 Å². The van der Waals surface area contributed by atoms with Gasteiger partial charge in [0.15, 0.2) is 0 Å². The largest absolute Gasteiger partial charge is 0.494 e. The molecule has 0 atom stereocenters. The van der Waals surface area contributed by atoms with Crippen LogP contribution < -0.4 is 4.74 Å². The fraction of sp³-hybridized carbons (Fsp3) is 0.609. The molecule has 3 nitrogen and oxygen atoms in total. The summed E-state index contributed by atoms with van der Waals surface area (Å²) in [4.78, 5) is 4.79. The number of ether oxygens (including phenoxy) is 1. The highest BCUT2D eigenvalue weighted by atomic mass is 16.5. The van der Waals surface area contributed by atoms with Gasteiger partial charge in [0, 0.05) is 17.7 Å². The summed E-state index contributed by atoms with van der Waals surface area (Å²) in [6.07, 6.45) is 15.1. The number of unbranched alkanes of at least 4 members (excludes halogenated alkanes) is 10. The van der Waals surface area contributed by atoms with Gasteiger partial charge in [0.05, 0.1) is 7.11 Å². The molecule has 0 unspecified atom stereocenters. The highest BCUT2D eigenvalue weighted by Crippen LogP contribution is 2.24. The number of aromatic nitrogens is 1. The predicted octanol–water partition coefficient (Wildman–Crippen LogP) is 6.07. The molecule has 0 radical (unpaired) electrons. The van der Waals surface area contributed by atoms with E-state index in [2.05, 4.69) is 18.2 Å². The summed E-state index contributed by atoms with van der Waals surface area (Å²) in [5.74, 6) is 0.862. The molecule has 0 aliphatic heterocycles. The van der Waals surface area contributed by atoms with Crippen LogP contribution in [0, 0.1) is 0 Å². The Hall–Kier alpha value is -1.61. The van der Waals surface area contributed by atoms with E-state index in [9.17, 15) is 0 Å². The minimum atomic E-state index is 0.349. The van der Waals surface area contributed by atoms with Gasteiger partial charge in [0.1, 0.15) is 11.3 Å². The lowest BCUT2D eigenvalue weighted by Gasteiger charge is -2.07. The number of pyridine rings is 1. The van der Waals surface area contributed by atoms with Gasteiger partial charge in [-0.2, -0.15) is 0 Å². The Kier molecular flexibility index (Phi) is 10.1. The second kappa shape index (κ2) is 12.7. The summed E-state index contributed by atoms with van der Waals surface area (Å²) in [5, 5.41) is 9.89. The smallest absolute Gasteiger partial charge is 0.145 e. The fourth-order valence-corrected chi connectivity index (χ4v) is 3.47. The van der Waals surface area contributed by atoms with E-state index in [0.717, 1.165) is 29.5 Å². The van der Waals surface area contributed by atoms with E-state index in [1.807, 2.05) is 12.1 Å². The first-order chi connectivity index (χ1) is 12.8. The summed E-state index contributed by atoms with van der Waals surface area (Å²) in [7, 11) is 1.71. The zero-order valence-corrected chi connectivity index (χ0v) is 16.4. The maximum atomic E-state index is 8.74. The third kappa shape index (κ3) is 7.33. The molecule has 0 spiro atoms. The van der Waals surface area contributed by atoms with Crippen molar-refractivity contribution >= 4 is 10.9 Å². The Labute approximate surface area is 158 Å². The molecule has 2 aromatic rings. The molecule has 144 valence electrons.